The van der Waals surface area contributed by atoms with Gasteiger partial charge < -0.3 is 11.1 Å². The average molecular weight is 224 g/mol. The minimum atomic E-state index is 0.245. The van der Waals surface area contributed by atoms with Gasteiger partial charge in [-0.1, -0.05) is 0 Å². The molecule has 1 fully saturated rings. The van der Waals surface area contributed by atoms with Gasteiger partial charge in [-0.3, -0.25) is 0 Å². The predicted octanol–water partition coefficient (Wildman–Crippen LogP) is 2.45. The normalized spacial score (nSPS) is 24.0. The zero-order chi connectivity index (χ0) is 10.7. The fourth-order valence-corrected chi connectivity index (χ4v) is 3.30. The lowest BCUT2D eigenvalue weighted by Gasteiger charge is -2.25. The Morgan fingerprint density at radius 3 is 3.13 bits per heavy atom. The molecule has 0 radical (unpaired) electrons. The van der Waals surface area contributed by atoms with Crippen LogP contribution in [0.2, 0.25) is 0 Å². The third-order valence-electron chi connectivity index (χ3n) is 3.22. The van der Waals surface area contributed by atoms with Gasteiger partial charge in [-0.2, -0.15) is 0 Å². The minimum absolute atomic E-state index is 0.245. The zero-order valence-electron chi connectivity index (χ0n) is 9.33. The van der Waals surface area contributed by atoms with E-state index < -0.39 is 0 Å². The second-order valence-electron chi connectivity index (χ2n) is 4.52. The number of piperidine rings is 1. The van der Waals surface area contributed by atoms with Crippen molar-refractivity contribution >= 4 is 11.3 Å². The molecule has 0 bridgehead atoms. The van der Waals surface area contributed by atoms with E-state index in [0.29, 0.717) is 0 Å². The van der Waals surface area contributed by atoms with Gasteiger partial charge in [-0.15, -0.1) is 11.3 Å². The van der Waals surface area contributed by atoms with E-state index in [1.807, 2.05) is 0 Å². The van der Waals surface area contributed by atoms with Gasteiger partial charge in [0.1, 0.15) is 0 Å². The second-order valence-corrected chi connectivity index (χ2v) is 5.47. The molecule has 1 aromatic rings. The van der Waals surface area contributed by atoms with Crippen molar-refractivity contribution in [1.29, 1.82) is 0 Å². The van der Waals surface area contributed by atoms with Gasteiger partial charge in [0.25, 0.3) is 0 Å². The maximum absolute atomic E-state index is 6.25. The summed E-state index contributed by atoms with van der Waals surface area (Å²) in [6.45, 7) is 4.49. The van der Waals surface area contributed by atoms with Crippen LogP contribution in [0.4, 0.5) is 0 Å². The Bertz CT molecular complexity index is 302. The van der Waals surface area contributed by atoms with E-state index in [-0.39, 0.29) is 6.04 Å². The number of rotatable bonds is 3. The molecule has 0 saturated carbocycles. The number of thiophene rings is 1. The number of nitrogens with two attached hydrogens (primary N) is 1. The summed E-state index contributed by atoms with van der Waals surface area (Å²) in [6.07, 6.45) is 3.78. The Morgan fingerprint density at radius 2 is 2.53 bits per heavy atom. The third kappa shape index (κ3) is 2.80. The summed E-state index contributed by atoms with van der Waals surface area (Å²) in [5.41, 5.74) is 7.61. The van der Waals surface area contributed by atoms with Crippen LogP contribution in [0.25, 0.3) is 0 Å². The Morgan fingerprint density at radius 1 is 1.67 bits per heavy atom. The monoisotopic (exact) mass is 224 g/mol. The van der Waals surface area contributed by atoms with Crippen LogP contribution in [0.5, 0.6) is 0 Å². The molecule has 2 atom stereocenters. The molecule has 1 saturated heterocycles. The quantitative estimate of drug-likeness (QED) is 0.827. The summed E-state index contributed by atoms with van der Waals surface area (Å²) in [5, 5.41) is 5.59. The summed E-state index contributed by atoms with van der Waals surface area (Å²) >= 11 is 1.80. The molecule has 1 aliphatic heterocycles. The van der Waals surface area contributed by atoms with Crippen molar-refractivity contribution in [3.05, 3.63) is 21.9 Å². The van der Waals surface area contributed by atoms with Gasteiger partial charge >= 0.3 is 0 Å². The smallest absolute Gasteiger partial charge is 0.0395 e. The van der Waals surface area contributed by atoms with E-state index in [9.17, 15) is 0 Å². The van der Waals surface area contributed by atoms with Gasteiger partial charge in [0.2, 0.25) is 0 Å². The lowest BCUT2D eigenvalue weighted by molar-refractivity contribution is 0.338. The van der Waals surface area contributed by atoms with Gasteiger partial charge in [0, 0.05) is 10.9 Å². The van der Waals surface area contributed by atoms with Crippen molar-refractivity contribution in [2.75, 3.05) is 13.1 Å². The average Bonchev–Trinajstić information content (AvgIpc) is 2.66. The summed E-state index contributed by atoms with van der Waals surface area (Å²) in [6, 6.07) is 2.41. The number of hydrogen-bond acceptors (Lipinski definition) is 3. The molecule has 0 spiro atoms. The molecule has 2 heterocycles. The van der Waals surface area contributed by atoms with E-state index in [1.165, 1.54) is 29.8 Å². The van der Waals surface area contributed by atoms with Crippen LogP contribution in [0.15, 0.2) is 11.4 Å². The van der Waals surface area contributed by atoms with Crippen LogP contribution in [0, 0.1) is 12.8 Å². The molecule has 0 aliphatic carbocycles. The highest BCUT2D eigenvalue weighted by Gasteiger charge is 2.18. The fraction of sp³-hybridized carbons (Fsp3) is 0.667. The molecule has 1 aromatic heterocycles. The highest BCUT2D eigenvalue weighted by molar-refractivity contribution is 7.10. The highest BCUT2D eigenvalue weighted by atomic mass is 32.1. The van der Waals surface area contributed by atoms with Crippen LogP contribution in [0.1, 0.15) is 35.7 Å². The zero-order valence-corrected chi connectivity index (χ0v) is 10.1. The predicted molar refractivity (Wildman–Crippen MR) is 66.2 cm³/mol. The number of aryl methyl sites for hydroxylation is 1. The number of nitrogens with one attached hydrogen (secondary N) is 1. The van der Waals surface area contributed by atoms with Crippen molar-refractivity contribution < 1.29 is 0 Å². The molecule has 0 amide bonds. The molecule has 3 N–H and O–H groups in total. The topological polar surface area (TPSA) is 38.0 Å². The van der Waals surface area contributed by atoms with Crippen molar-refractivity contribution in [2.45, 2.75) is 32.2 Å². The largest absolute Gasteiger partial charge is 0.323 e. The second kappa shape index (κ2) is 5.10. The van der Waals surface area contributed by atoms with Crippen LogP contribution >= 0.6 is 11.3 Å². The SMILES string of the molecule is Cc1ccsc1C(N)CC1CCCNC1. The van der Waals surface area contributed by atoms with Gasteiger partial charge in [0.15, 0.2) is 0 Å². The lowest BCUT2D eigenvalue weighted by Crippen LogP contribution is -2.31. The van der Waals surface area contributed by atoms with E-state index in [1.54, 1.807) is 11.3 Å². The Kier molecular flexibility index (Phi) is 3.78. The summed E-state index contributed by atoms with van der Waals surface area (Å²) < 4.78 is 0. The van der Waals surface area contributed by atoms with Crippen molar-refractivity contribution in [3.8, 4) is 0 Å². The van der Waals surface area contributed by atoms with Gasteiger partial charge in [-0.05, 0) is 62.2 Å². The van der Waals surface area contributed by atoms with E-state index in [0.717, 1.165) is 18.9 Å². The molecule has 2 unspecified atom stereocenters. The highest BCUT2D eigenvalue weighted by Crippen LogP contribution is 2.28. The van der Waals surface area contributed by atoms with Gasteiger partial charge in [-0.25, -0.2) is 0 Å². The molecule has 3 heteroatoms. The van der Waals surface area contributed by atoms with E-state index in [4.69, 9.17) is 5.73 Å². The summed E-state index contributed by atoms with van der Waals surface area (Å²) in [4.78, 5) is 1.38. The molecular formula is C12H20N2S. The van der Waals surface area contributed by atoms with Crippen molar-refractivity contribution in [2.24, 2.45) is 11.7 Å². The minimum Gasteiger partial charge on any atom is -0.323 e. The maximum atomic E-state index is 6.25. The first kappa shape index (κ1) is 11.1. The lowest BCUT2D eigenvalue weighted by atomic mass is 9.91. The molecule has 84 valence electrons. The Hall–Kier alpha value is -0.380. The van der Waals surface area contributed by atoms with Crippen molar-refractivity contribution in [3.63, 3.8) is 0 Å². The first-order valence-corrected chi connectivity index (χ1v) is 6.65. The summed E-state index contributed by atoms with van der Waals surface area (Å²) in [7, 11) is 0. The van der Waals surface area contributed by atoms with E-state index in [2.05, 4.69) is 23.7 Å². The first-order valence-electron chi connectivity index (χ1n) is 5.77. The van der Waals surface area contributed by atoms with Gasteiger partial charge in [0.05, 0.1) is 0 Å². The Labute approximate surface area is 95.9 Å². The molecule has 0 aromatic carbocycles. The molecule has 1 aliphatic rings. The molecule has 15 heavy (non-hydrogen) atoms. The van der Waals surface area contributed by atoms with Crippen LogP contribution in [-0.2, 0) is 0 Å². The molecule has 2 nitrogen and oxygen atoms in total. The van der Waals surface area contributed by atoms with Crippen LogP contribution in [0.3, 0.4) is 0 Å². The van der Waals surface area contributed by atoms with E-state index >= 15 is 0 Å². The Balaban J connectivity index is 1.91. The number of hydrogen-bond donors (Lipinski definition) is 2. The van der Waals surface area contributed by atoms with Crippen LogP contribution in [-0.4, -0.2) is 13.1 Å². The van der Waals surface area contributed by atoms with Crippen molar-refractivity contribution in [1.82, 2.24) is 5.32 Å². The van der Waals surface area contributed by atoms with Crippen LogP contribution < -0.4 is 11.1 Å². The molecular weight excluding hydrogens is 204 g/mol. The standard InChI is InChI=1S/C12H20N2S/c1-9-4-6-15-12(9)11(13)7-10-3-2-5-14-8-10/h4,6,10-11,14H,2-3,5,7-8,13H2,1H3. The summed E-state index contributed by atoms with van der Waals surface area (Å²) in [5.74, 6) is 0.773. The third-order valence-corrected chi connectivity index (χ3v) is 4.38. The maximum Gasteiger partial charge on any atom is 0.0395 e. The molecule has 2 rings (SSSR count). The fourth-order valence-electron chi connectivity index (χ4n) is 2.36. The first-order chi connectivity index (χ1) is 7.27.